The molecule has 1 amide bonds. The Hall–Kier alpha value is -0.900. The molecule has 0 unspecified atom stereocenters. The van der Waals surface area contributed by atoms with Gasteiger partial charge >= 0.3 is 0 Å². The average molecular weight is 224 g/mol. The molecule has 0 saturated heterocycles. The highest BCUT2D eigenvalue weighted by atomic mass is 32.1. The number of carbonyl (C=O) groups is 1. The molecule has 1 aromatic heterocycles. The molecule has 1 aromatic rings. The molecular formula is C11H16N2OS. The molecule has 4 heteroatoms. The maximum atomic E-state index is 11.6. The van der Waals surface area contributed by atoms with Crippen molar-refractivity contribution in [3.05, 3.63) is 16.6 Å². The first-order chi connectivity index (χ1) is 7.26. The lowest BCUT2D eigenvalue weighted by molar-refractivity contribution is 0.0939. The van der Waals surface area contributed by atoms with Gasteiger partial charge in [0.05, 0.1) is 5.51 Å². The van der Waals surface area contributed by atoms with Crippen LogP contribution in [-0.2, 0) is 0 Å². The summed E-state index contributed by atoms with van der Waals surface area (Å²) in [5.74, 6) is -0.0290. The first kappa shape index (κ1) is 10.6. The van der Waals surface area contributed by atoms with Gasteiger partial charge < -0.3 is 5.32 Å². The lowest BCUT2D eigenvalue weighted by atomic mass is 10.0. The molecule has 1 N–H and O–H groups in total. The van der Waals surface area contributed by atoms with E-state index in [1.54, 1.807) is 10.9 Å². The zero-order chi connectivity index (χ0) is 10.7. The Bertz CT molecular complexity index is 330. The highest BCUT2D eigenvalue weighted by Crippen LogP contribution is 2.48. The zero-order valence-corrected chi connectivity index (χ0v) is 9.77. The topological polar surface area (TPSA) is 42.0 Å². The third-order valence-corrected chi connectivity index (χ3v) is 3.61. The van der Waals surface area contributed by atoms with Crippen molar-refractivity contribution >= 4 is 17.2 Å². The first-order valence-electron chi connectivity index (χ1n) is 5.42. The molecule has 82 valence electrons. The molecule has 0 atom stereocenters. The summed E-state index contributed by atoms with van der Waals surface area (Å²) in [7, 11) is 0. The Labute approximate surface area is 93.9 Å². The minimum absolute atomic E-state index is 0.0290. The lowest BCUT2D eigenvalue weighted by Gasteiger charge is -2.13. The van der Waals surface area contributed by atoms with Gasteiger partial charge in [0.1, 0.15) is 5.69 Å². The number of rotatable bonds is 5. The van der Waals surface area contributed by atoms with Gasteiger partial charge in [-0.05, 0) is 24.7 Å². The van der Waals surface area contributed by atoms with Crippen molar-refractivity contribution in [3.8, 4) is 0 Å². The summed E-state index contributed by atoms with van der Waals surface area (Å²) >= 11 is 1.46. The number of carbonyl (C=O) groups excluding carboxylic acids is 1. The van der Waals surface area contributed by atoms with Gasteiger partial charge in [0.25, 0.3) is 5.91 Å². The lowest BCUT2D eigenvalue weighted by Crippen LogP contribution is -2.30. The molecule has 15 heavy (non-hydrogen) atoms. The van der Waals surface area contributed by atoms with E-state index in [0.29, 0.717) is 11.1 Å². The number of nitrogens with zero attached hydrogens (tertiary/aromatic N) is 1. The van der Waals surface area contributed by atoms with E-state index in [2.05, 4.69) is 17.2 Å². The standard InChI is InChI=1S/C11H16N2OS/c1-2-3-11(4-5-11)7-12-10(14)9-6-15-8-13-9/h6,8H,2-5,7H2,1H3,(H,12,14). The molecule has 1 heterocycles. The van der Waals surface area contributed by atoms with E-state index in [9.17, 15) is 4.79 Å². The molecular weight excluding hydrogens is 208 g/mol. The smallest absolute Gasteiger partial charge is 0.270 e. The van der Waals surface area contributed by atoms with Crippen molar-refractivity contribution in [3.63, 3.8) is 0 Å². The predicted molar refractivity (Wildman–Crippen MR) is 61.0 cm³/mol. The van der Waals surface area contributed by atoms with Crippen molar-refractivity contribution in [2.75, 3.05) is 6.54 Å². The molecule has 0 spiro atoms. The first-order valence-corrected chi connectivity index (χ1v) is 6.36. The van der Waals surface area contributed by atoms with Crippen LogP contribution in [0.4, 0.5) is 0 Å². The van der Waals surface area contributed by atoms with Gasteiger partial charge in [-0.2, -0.15) is 0 Å². The second-order valence-corrected chi connectivity index (χ2v) is 5.03. The summed E-state index contributed by atoms with van der Waals surface area (Å²) < 4.78 is 0. The fourth-order valence-corrected chi connectivity index (χ4v) is 2.44. The Morgan fingerprint density at radius 2 is 2.47 bits per heavy atom. The fraction of sp³-hybridized carbons (Fsp3) is 0.636. The van der Waals surface area contributed by atoms with Crippen molar-refractivity contribution in [1.82, 2.24) is 10.3 Å². The van der Waals surface area contributed by atoms with Gasteiger partial charge in [0, 0.05) is 11.9 Å². The zero-order valence-electron chi connectivity index (χ0n) is 8.95. The molecule has 0 bridgehead atoms. The van der Waals surface area contributed by atoms with Crippen LogP contribution in [0.25, 0.3) is 0 Å². The van der Waals surface area contributed by atoms with Crippen molar-refractivity contribution in [1.29, 1.82) is 0 Å². The van der Waals surface area contributed by atoms with Gasteiger partial charge in [0.2, 0.25) is 0 Å². The Morgan fingerprint density at radius 3 is 3.00 bits per heavy atom. The summed E-state index contributed by atoms with van der Waals surface area (Å²) in [5.41, 5.74) is 2.65. The van der Waals surface area contributed by atoms with Crippen LogP contribution >= 0.6 is 11.3 Å². The van der Waals surface area contributed by atoms with Gasteiger partial charge in [-0.3, -0.25) is 4.79 Å². The molecule has 0 radical (unpaired) electrons. The van der Waals surface area contributed by atoms with Gasteiger partial charge in [-0.1, -0.05) is 13.3 Å². The minimum Gasteiger partial charge on any atom is -0.350 e. The van der Waals surface area contributed by atoms with Crippen LogP contribution < -0.4 is 5.32 Å². The van der Waals surface area contributed by atoms with Crippen LogP contribution in [0.15, 0.2) is 10.9 Å². The molecule has 1 saturated carbocycles. The second-order valence-electron chi connectivity index (χ2n) is 4.31. The molecule has 0 aromatic carbocycles. The largest absolute Gasteiger partial charge is 0.350 e. The fourth-order valence-electron chi connectivity index (χ4n) is 1.91. The monoisotopic (exact) mass is 224 g/mol. The minimum atomic E-state index is -0.0290. The van der Waals surface area contributed by atoms with Crippen molar-refractivity contribution in [2.45, 2.75) is 32.6 Å². The van der Waals surface area contributed by atoms with Gasteiger partial charge in [0.15, 0.2) is 0 Å². The van der Waals surface area contributed by atoms with E-state index < -0.39 is 0 Å². The van der Waals surface area contributed by atoms with Crippen molar-refractivity contribution < 1.29 is 4.79 Å². The summed E-state index contributed by atoms with van der Waals surface area (Å²) in [5, 5.41) is 4.76. The maximum absolute atomic E-state index is 11.6. The quantitative estimate of drug-likeness (QED) is 0.834. The molecule has 3 nitrogen and oxygen atoms in total. The van der Waals surface area contributed by atoms with E-state index in [1.807, 2.05) is 0 Å². The van der Waals surface area contributed by atoms with E-state index in [1.165, 1.54) is 37.0 Å². The number of aromatic nitrogens is 1. The highest BCUT2D eigenvalue weighted by Gasteiger charge is 2.41. The van der Waals surface area contributed by atoms with E-state index in [-0.39, 0.29) is 5.91 Å². The Morgan fingerprint density at radius 1 is 1.67 bits per heavy atom. The second kappa shape index (κ2) is 4.31. The molecule has 1 fully saturated rings. The normalized spacial score (nSPS) is 17.4. The van der Waals surface area contributed by atoms with Crippen LogP contribution in [0.5, 0.6) is 0 Å². The van der Waals surface area contributed by atoms with Gasteiger partial charge in [-0.15, -0.1) is 11.3 Å². The third kappa shape index (κ3) is 2.56. The summed E-state index contributed by atoms with van der Waals surface area (Å²) in [6, 6.07) is 0. The SMILES string of the molecule is CCCC1(CNC(=O)c2cscn2)CC1. The third-order valence-electron chi connectivity index (χ3n) is 3.03. The molecule has 2 rings (SSSR count). The number of nitrogens with one attached hydrogen (secondary N) is 1. The highest BCUT2D eigenvalue weighted by molar-refractivity contribution is 7.07. The Kier molecular flexibility index (Phi) is 3.05. The maximum Gasteiger partial charge on any atom is 0.270 e. The number of hydrogen-bond acceptors (Lipinski definition) is 3. The predicted octanol–water partition coefficient (Wildman–Crippen LogP) is 2.45. The average Bonchev–Trinajstić information content (AvgIpc) is 2.81. The summed E-state index contributed by atoms with van der Waals surface area (Å²) in [6.45, 7) is 3.01. The molecule has 1 aliphatic rings. The summed E-state index contributed by atoms with van der Waals surface area (Å²) in [4.78, 5) is 15.6. The number of thiazole rings is 1. The van der Waals surface area contributed by atoms with E-state index in [0.717, 1.165) is 6.54 Å². The van der Waals surface area contributed by atoms with Gasteiger partial charge in [-0.25, -0.2) is 4.98 Å². The summed E-state index contributed by atoms with van der Waals surface area (Å²) in [6.07, 6.45) is 4.95. The molecule has 1 aliphatic carbocycles. The van der Waals surface area contributed by atoms with E-state index >= 15 is 0 Å². The van der Waals surface area contributed by atoms with Crippen molar-refractivity contribution in [2.24, 2.45) is 5.41 Å². The molecule has 0 aliphatic heterocycles. The van der Waals surface area contributed by atoms with Crippen LogP contribution in [0.3, 0.4) is 0 Å². The van der Waals surface area contributed by atoms with E-state index in [4.69, 9.17) is 0 Å². The van der Waals surface area contributed by atoms with Crippen LogP contribution in [-0.4, -0.2) is 17.4 Å². The van der Waals surface area contributed by atoms with Crippen LogP contribution in [0.1, 0.15) is 43.1 Å². The van der Waals surface area contributed by atoms with Crippen LogP contribution in [0.2, 0.25) is 0 Å². The van der Waals surface area contributed by atoms with Crippen LogP contribution in [0, 0.1) is 5.41 Å². The number of amides is 1. The Balaban J connectivity index is 1.81. The number of hydrogen-bond donors (Lipinski definition) is 1.